The van der Waals surface area contributed by atoms with Crippen LogP contribution in [0.3, 0.4) is 0 Å². The van der Waals surface area contributed by atoms with Crippen molar-refractivity contribution in [1.82, 2.24) is 10.4 Å². The third-order valence-electron chi connectivity index (χ3n) is 3.86. The number of aliphatic hydroxyl groups excluding tert-OH is 1. The van der Waals surface area contributed by atoms with Gasteiger partial charge in [-0.3, -0.25) is 4.84 Å². The van der Waals surface area contributed by atoms with Crippen molar-refractivity contribution in [2.24, 2.45) is 0 Å². The number of hydrogen-bond acceptors (Lipinski definition) is 6. The van der Waals surface area contributed by atoms with Gasteiger partial charge in [0.1, 0.15) is 5.60 Å². The molecular formula is C18H28N2O5. The molecule has 1 amide bonds. The molecule has 0 aromatic heterocycles. The van der Waals surface area contributed by atoms with Gasteiger partial charge in [0.15, 0.2) is 6.29 Å². The lowest BCUT2D eigenvalue weighted by atomic mass is 10.1. The molecular weight excluding hydrogens is 324 g/mol. The maximum absolute atomic E-state index is 12.1. The van der Waals surface area contributed by atoms with E-state index in [0.29, 0.717) is 13.0 Å². The first-order valence-corrected chi connectivity index (χ1v) is 8.43. The normalized spacial score (nSPS) is 22.6. The molecule has 7 heteroatoms. The highest BCUT2D eigenvalue weighted by Gasteiger charge is 2.39. The quantitative estimate of drug-likeness (QED) is 0.816. The van der Waals surface area contributed by atoms with E-state index in [-0.39, 0.29) is 12.6 Å². The van der Waals surface area contributed by atoms with Crippen molar-refractivity contribution in [2.45, 2.75) is 57.7 Å². The summed E-state index contributed by atoms with van der Waals surface area (Å²) in [7, 11) is 1.57. The van der Waals surface area contributed by atoms with Crippen LogP contribution in [0, 0.1) is 0 Å². The van der Waals surface area contributed by atoms with Crippen LogP contribution in [-0.2, 0) is 20.9 Å². The van der Waals surface area contributed by atoms with Gasteiger partial charge in [-0.25, -0.2) is 4.79 Å². The second kappa shape index (κ2) is 8.62. The lowest BCUT2D eigenvalue weighted by Crippen LogP contribution is -2.51. The third-order valence-corrected chi connectivity index (χ3v) is 3.86. The lowest BCUT2D eigenvalue weighted by Gasteiger charge is -2.30. The second-order valence-electron chi connectivity index (χ2n) is 7.07. The molecule has 3 atom stereocenters. The number of rotatable bonds is 6. The number of methoxy groups -OCH3 is 1. The molecule has 0 bridgehead atoms. The molecule has 1 saturated heterocycles. The van der Waals surface area contributed by atoms with E-state index in [2.05, 4.69) is 5.32 Å². The van der Waals surface area contributed by atoms with Crippen molar-refractivity contribution in [2.75, 3.05) is 13.7 Å². The first-order valence-electron chi connectivity index (χ1n) is 8.43. The van der Waals surface area contributed by atoms with E-state index in [9.17, 15) is 9.90 Å². The molecule has 2 N–H and O–H groups in total. The van der Waals surface area contributed by atoms with Crippen LogP contribution in [0.5, 0.6) is 0 Å². The summed E-state index contributed by atoms with van der Waals surface area (Å²) in [5, 5.41) is 14.3. The Hall–Kier alpha value is -1.67. The fourth-order valence-electron chi connectivity index (χ4n) is 2.73. The molecule has 1 unspecified atom stereocenters. The van der Waals surface area contributed by atoms with E-state index in [1.54, 1.807) is 32.9 Å². The number of nitrogens with zero attached hydrogens (tertiary/aromatic N) is 1. The van der Waals surface area contributed by atoms with Crippen molar-refractivity contribution in [3.05, 3.63) is 35.9 Å². The molecule has 25 heavy (non-hydrogen) atoms. The predicted molar refractivity (Wildman–Crippen MR) is 92.5 cm³/mol. The molecule has 0 spiro atoms. The van der Waals surface area contributed by atoms with Gasteiger partial charge >= 0.3 is 6.09 Å². The summed E-state index contributed by atoms with van der Waals surface area (Å²) in [6, 6.07) is 9.09. The first-order chi connectivity index (χ1) is 11.8. The Bertz CT molecular complexity index is 546. The highest BCUT2D eigenvalue weighted by molar-refractivity contribution is 5.68. The first kappa shape index (κ1) is 19.7. The second-order valence-corrected chi connectivity index (χ2v) is 7.07. The van der Waals surface area contributed by atoms with Gasteiger partial charge in [-0.1, -0.05) is 30.3 Å². The summed E-state index contributed by atoms with van der Waals surface area (Å²) in [5.74, 6) is 0. The average Bonchev–Trinajstić information content (AvgIpc) is 2.95. The molecule has 7 nitrogen and oxygen atoms in total. The average molecular weight is 352 g/mol. The molecule has 1 heterocycles. The van der Waals surface area contributed by atoms with Crippen LogP contribution in [0.1, 0.15) is 32.8 Å². The highest BCUT2D eigenvalue weighted by Crippen LogP contribution is 2.26. The van der Waals surface area contributed by atoms with E-state index in [4.69, 9.17) is 14.3 Å². The Balaban J connectivity index is 2.06. The minimum absolute atomic E-state index is 0.227. The van der Waals surface area contributed by atoms with E-state index >= 15 is 0 Å². The molecule has 1 fully saturated rings. The van der Waals surface area contributed by atoms with Gasteiger partial charge in [0, 0.05) is 20.1 Å². The molecule has 0 aliphatic carbocycles. The molecule has 1 aliphatic heterocycles. The summed E-state index contributed by atoms with van der Waals surface area (Å²) < 4.78 is 10.6. The van der Waals surface area contributed by atoms with Crippen LogP contribution in [0.4, 0.5) is 4.79 Å². The zero-order chi connectivity index (χ0) is 18.4. The van der Waals surface area contributed by atoms with Crippen molar-refractivity contribution >= 4 is 6.09 Å². The Morgan fingerprint density at radius 3 is 2.64 bits per heavy atom. The number of aliphatic hydroxyl groups is 1. The van der Waals surface area contributed by atoms with E-state index in [1.165, 1.54) is 0 Å². The van der Waals surface area contributed by atoms with Gasteiger partial charge in [-0.15, -0.1) is 0 Å². The van der Waals surface area contributed by atoms with Crippen LogP contribution in [0.2, 0.25) is 0 Å². The molecule has 0 saturated carbocycles. The summed E-state index contributed by atoms with van der Waals surface area (Å²) in [4.78, 5) is 17.9. The number of alkyl carbamates (subject to hydrolysis) is 1. The Morgan fingerprint density at radius 2 is 2.08 bits per heavy atom. The molecule has 140 valence electrons. The standard InChI is InChI=1S/C18H28N2O5/c1-18(2,3)24-17(22)19-14(12-21)15-10-16(23-4)25-20(15)11-13-8-6-5-7-9-13/h5-9,14-16,21H,10-12H2,1-4H3,(H,19,22)/t14-,15-,16?/m0/s1. The summed E-state index contributed by atoms with van der Waals surface area (Å²) in [6.45, 7) is 5.68. The van der Waals surface area contributed by atoms with Crippen molar-refractivity contribution in [1.29, 1.82) is 0 Å². The van der Waals surface area contributed by atoms with E-state index in [0.717, 1.165) is 5.56 Å². The van der Waals surface area contributed by atoms with Crippen LogP contribution >= 0.6 is 0 Å². The summed E-state index contributed by atoms with van der Waals surface area (Å²) >= 11 is 0. The van der Waals surface area contributed by atoms with Crippen molar-refractivity contribution < 1.29 is 24.2 Å². The van der Waals surface area contributed by atoms with E-state index < -0.39 is 24.0 Å². The zero-order valence-corrected chi connectivity index (χ0v) is 15.3. The fourth-order valence-corrected chi connectivity index (χ4v) is 2.73. The van der Waals surface area contributed by atoms with Crippen LogP contribution in [0.15, 0.2) is 30.3 Å². The minimum Gasteiger partial charge on any atom is -0.444 e. The van der Waals surface area contributed by atoms with Crippen LogP contribution in [-0.4, -0.2) is 54.0 Å². The van der Waals surface area contributed by atoms with Gasteiger partial charge < -0.3 is 19.9 Å². The molecule has 1 aromatic rings. The number of carbonyl (C=O) groups excluding carboxylic acids is 1. The van der Waals surface area contributed by atoms with Gasteiger partial charge in [0.25, 0.3) is 0 Å². The summed E-state index contributed by atoms with van der Waals surface area (Å²) in [6.07, 6.45) is -0.444. The Kier molecular flexibility index (Phi) is 6.78. The van der Waals surface area contributed by atoms with Gasteiger partial charge in [0.05, 0.1) is 18.7 Å². The van der Waals surface area contributed by atoms with Crippen LogP contribution in [0.25, 0.3) is 0 Å². The number of carbonyl (C=O) groups is 1. The minimum atomic E-state index is -0.602. The third kappa shape index (κ3) is 5.97. The molecule has 0 radical (unpaired) electrons. The number of benzene rings is 1. The summed E-state index contributed by atoms with van der Waals surface area (Å²) in [5.41, 5.74) is 0.466. The smallest absolute Gasteiger partial charge is 0.408 e. The Labute approximate surface area is 148 Å². The maximum Gasteiger partial charge on any atom is 0.408 e. The molecule has 1 aliphatic rings. The predicted octanol–water partition coefficient (Wildman–Crippen LogP) is 2.05. The number of nitrogens with one attached hydrogen (secondary N) is 1. The molecule has 2 rings (SSSR count). The SMILES string of the molecule is COC1C[C@@H]([C@H](CO)NC(=O)OC(C)(C)C)N(Cc2ccccc2)O1. The highest BCUT2D eigenvalue weighted by atomic mass is 16.8. The van der Waals surface area contributed by atoms with Crippen molar-refractivity contribution in [3.63, 3.8) is 0 Å². The zero-order valence-electron chi connectivity index (χ0n) is 15.3. The van der Waals surface area contributed by atoms with E-state index in [1.807, 2.05) is 30.3 Å². The van der Waals surface area contributed by atoms with Crippen LogP contribution < -0.4 is 5.32 Å². The lowest BCUT2D eigenvalue weighted by molar-refractivity contribution is -0.238. The number of hydrogen-bond donors (Lipinski definition) is 2. The van der Waals surface area contributed by atoms with Gasteiger partial charge in [-0.2, -0.15) is 5.06 Å². The number of hydroxylamine groups is 2. The van der Waals surface area contributed by atoms with Gasteiger partial charge in [0.2, 0.25) is 0 Å². The Morgan fingerprint density at radius 1 is 1.40 bits per heavy atom. The number of ether oxygens (including phenoxy) is 2. The fraction of sp³-hybridized carbons (Fsp3) is 0.611. The molecule has 1 aromatic carbocycles. The topological polar surface area (TPSA) is 80.3 Å². The van der Waals surface area contributed by atoms with Gasteiger partial charge in [-0.05, 0) is 26.3 Å². The maximum atomic E-state index is 12.1. The monoisotopic (exact) mass is 352 g/mol. The largest absolute Gasteiger partial charge is 0.444 e. The van der Waals surface area contributed by atoms with Crippen molar-refractivity contribution in [3.8, 4) is 0 Å². The number of amides is 1.